The van der Waals surface area contributed by atoms with Gasteiger partial charge in [0, 0.05) is 18.5 Å². The van der Waals surface area contributed by atoms with Crippen LogP contribution in [0.25, 0.3) is 0 Å². The molecule has 1 aliphatic rings. The highest BCUT2D eigenvalue weighted by molar-refractivity contribution is 6.17. The second-order valence-electron chi connectivity index (χ2n) is 5.18. The maximum absolute atomic E-state index is 14.1. The topological polar surface area (TPSA) is 20.3 Å². The summed E-state index contributed by atoms with van der Waals surface area (Å²) in [4.78, 5) is 14.1. The molecule has 1 aromatic carbocycles. The fraction of sp³-hybridized carbons (Fsp3) is 0.533. The standard InChI is InChI=1S/C15H18ClF2NO/c1-10-5-6-12(17)13(14(10)18)15(20)19-9-3-2-4-11(19)7-8-16/h5-6,11H,2-4,7-9H2,1H3. The number of piperidine rings is 1. The number of halogens is 3. The number of hydrogen-bond donors (Lipinski definition) is 0. The number of nitrogens with zero attached hydrogens (tertiary/aromatic N) is 1. The van der Waals surface area contributed by atoms with Gasteiger partial charge in [-0.15, -0.1) is 11.6 Å². The molecular weight excluding hydrogens is 284 g/mol. The van der Waals surface area contributed by atoms with Crippen molar-refractivity contribution in [2.75, 3.05) is 12.4 Å². The molecule has 1 saturated heterocycles. The van der Waals surface area contributed by atoms with Gasteiger partial charge in [0.1, 0.15) is 17.2 Å². The zero-order valence-corrected chi connectivity index (χ0v) is 12.2. The summed E-state index contributed by atoms with van der Waals surface area (Å²) in [5, 5.41) is 0. The smallest absolute Gasteiger partial charge is 0.260 e. The molecule has 1 aromatic rings. The van der Waals surface area contributed by atoms with Crippen molar-refractivity contribution in [2.24, 2.45) is 0 Å². The van der Waals surface area contributed by atoms with Gasteiger partial charge in [-0.2, -0.15) is 0 Å². The average Bonchev–Trinajstić information content (AvgIpc) is 2.44. The number of benzene rings is 1. The largest absolute Gasteiger partial charge is 0.335 e. The molecule has 1 atom stereocenters. The summed E-state index contributed by atoms with van der Waals surface area (Å²) >= 11 is 5.75. The predicted molar refractivity (Wildman–Crippen MR) is 75.1 cm³/mol. The zero-order chi connectivity index (χ0) is 14.7. The van der Waals surface area contributed by atoms with Crippen molar-refractivity contribution in [1.82, 2.24) is 4.90 Å². The Hall–Kier alpha value is -1.16. The number of carbonyl (C=O) groups is 1. The van der Waals surface area contributed by atoms with E-state index in [2.05, 4.69) is 0 Å². The van der Waals surface area contributed by atoms with Crippen LogP contribution in [-0.4, -0.2) is 29.3 Å². The number of alkyl halides is 1. The SMILES string of the molecule is Cc1ccc(F)c(C(=O)N2CCCCC2CCCl)c1F. The lowest BCUT2D eigenvalue weighted by molar-refractivity contribution is 0.0599. The Morgan fingerprint density at radius 1 is 1.40 bits per heavy atom. The fourth-order valence-corrected chi connectivity index (χ4v) is 2.94. The van der Waals surface area contributed by atoms with Gasteiger partial charge in [0.2, 0.25) is 0 Å². The molecule has 1 unspecified atom stereocenters. The lowest BCUT2D eigenvalue weighted by atomic mass is 9.98. The molecule has 2 rings (SSSR count). The van der Waals surface area contributed by atoms with Crippen molar-refractivity contribution in [3.05, 3.63) is 34.9 Å². The zero-order valence-electron chi connectivity index (χ0n) is 11.5. The third kappa shape index (κ3) is 2.95. The molecule has 0 saturated carbocycles. The van der Waals surface area contributed by atoms with Crippen LogP contribution < -0.4 is 0 Å². The summed E-state index contributed by atoms with van der Waals surface area (Å²) in [7, 11) is 0. The normalized spacial score (nSPS) is 19.2. The van der Waals surface area contributed by atoms with Crippen LogP contribution in [0, 0.1) is 18.6 Å². The third-order valence-corrected chi connectivity index (χ3v) is 4.05. The summed E-state index contributed by atoms with van der Waals surface area (Å²) < 4.78 is 27.9. The monoisotopic (exact) mass is 301 g/mol. The van der Waals surface area contributed by atoms with Crippen LogP contribution in [0.15, 0.2) is 12.1 Å². The van der Waals surface area contributed by atoms with Crippen LogP contribution in [-0.2, 0) is 0 Å². The van der Waals surface area contributed by atoms with Gasteiger partial charge in [0.15, 0.2) is 0 Å². The Balaban J connectivity index is 2.32. The van der Waals surface area contributed by atoms with Gasteiger partial charge in [-0.3, -0.25) is 4.79 Å². The minimum absolute atomic E-state index is 0.0203. The molecule has 2 nitrogen and oxygen atoms in total. The van der Waals surface area contributed by atoms with Gasteiger partial charge in [0.25, 0.3) is 5.91 Å². The van der Waals surface area contributed by atoms with Gasteiger partial charge in [-0.25, -0.2) is 8.78 Å². The number of rotatable bonds is 3. The molecule has 0 N–H and O–H groups in total. The molecule has 0 spiro atoms. The van der Waals surface area contributed by atoms with Crippen molar-refractivity contribution in [1.29, 1.82) is 0 Å². The van der Waals surface area contributed by atoms with Crippen molar-refractivity contribution in [2.45, 2.75) is 38.6 Å². The van der Waals surface area contributed by atoms with Crippen molar-refractivity contribution in [3.63, 3.8) is 0 Å². The molecule has 20 heavy (non-hydrogen) atoms. The summed E-state index contributed by atoms with van der Waals surface area (Å²) in [5.41, 5.74) is -0.160. The number of hydrogen-bond acceptors (Lipinski definition) is 1. The second kappa shape index (κ2) is 6.53. The van der Waals surface area contributed by atoms with Crippen LogP contribution >= 0.6 is 11.6 Å². The van der Waals surface area contributed by atoms with Gasteiger partial charge < -0.3 is 4.90 Å². The molecule has 0 bridgehead atoms. The quantitative estimate of drug-likeness (QED) is 0.776. The van der Waals surface area contributed by atoms with E-state index >= 15 is 0 Å². The van der Waals surface area contributed by atoms with E-state index in [1.807, 2.05) is 0 Å². The number of likely N-dealkylation sites (tertiary alicyclic amines) is 1. The molecule has 1 fully saturated rings. The molecule has 1 heterocycles. The summed E-state index contributed by atoms with van der Waals surface area (Å²) in [6.45, 7) is 2.06. The summed E-state index contributed by atoms with van der Waals surface area (Å²) in [5.74, 6) is -1.68. The van der Waals surface area contributed by atoms with E-state index in [4.69, 9.17) is 11.6 Å². The Morgan fingerprint density at radius 3 is 2.85 bits per heavy atom. The first-order valence-corrected chi connectivity index (χ1v) is 7.41. The molecule has 0 radical (unpaired) electrons. The van der Waals surface area contributed by atoms with E-state index in [1.54, 1.807) is 4.90 Å². The Labute approximate surface area is 122 Å². The summed E-state index contributed by atoms with van der Waals surface area (Å²) in [6.07, 6.45) is 3.37. The number of aryl methyl sites for hydroxylation is 1. The van der Waals surface area contributed by atoms with Crippen LogP contribution in [0.2, 0.25) is 0 Å². The number of amides is 1. The van der Waals surface area contributed by atoms with Gasteiger partial charge in [-0.05, 0) is 44.2 Å². The lowest BCUT2D eigenvalue weighted by Crippen LogP contribution is -2.44. The molecule has 0 aliphatic carbocycles. The molecule has 0 aromatic heterocycles. The van der Waals surface area contributed by atoms with E-state index in [1.165, 1.54) is 13.0 Å². The summed E-state index contributed by atoms with van der Waals surface area (Å²) in [6, 6.07) is 2.47. The first kappa shape index (κ1) is 15.2. The van der Waals surface area contributed by atoms with Crippen LogP contribution in [0.5, 0.6) is 0 Å². The van der Waals surface area contributed by atoms with Crippen LogP contribution in [0.1, 0.15) is 41.6 Å². The molecule has 1 aliphatic heterocycles. The van der Waals surface area contributed by atoms with Gasteiger partial charge in [0.05, 0.1) is 0 Å². The first-order valence-electron chi connectivity index (χ1n) is 6.87. The Morgan fingerprint density at radius 2 is 2.15 bits per heavy atom. The minimum Gasteiger partial charge on any atom is -0.335 e. The van der Waals surface area contributed by atoms with E-state index in [0.717, 1.165) is 25.3 Å². The van der Waals surface area contributed by atoms with Gasteiger partial charge in [-0.1, -0.05) is 6.07 Å². The fourth-order valence-electron chi connectivity index (χ4n) is 2.69. The molecule has 1 amide bonds. The first-order chi connectivity index (χ1) is 9.56. The maximum Gasteiger partial charge on any atom is 0.260 e. The van der Waals surface area contributed by atoms with Gasteiger partial charge >= 0.3 is 0 Å². The predicted octanol–water partition coefficient (Wildman–Crippen LogP) is 3.90. The molecular formula is C15H18ClF2NO. The average molecular weight is 302 g/mol. The van der Waals surface area contributed by atoms with Crippen LogP contribution in [0.4, 0.5) is 8.78 Å². The maximum atomic E-state index is 14.1. The molecule has 5 heteroatoms. The van der Waals surface area contributed by atoms with E-state index < -0.39 is 23.1 Å². The van der Waals surface area contributed by atoms with Crippen molar-refractivity contribution < 1.29 is 13.6 Å². The van der Waals surface area contributed by atoms with E-state index in [0.29, 0.717) is 18.8 Å². The lowest BCUT2D eigenvalue weighted by Gasteiger charge is -2.35. The number of carbonyl (C=O) groups excluding carboxylic acids is 1. The van der Waals surface area contributed by atoms with Crippen molar-refractivity contribution in [3.8, 4) is 0 Å². The highest BCUT2D eigenvalue weighted by Crippen LogP contribution is 2.25. The Bertz CT molecular complexity index is 505. The Kier molecular flexibility index (Phi) is 4.97. The van der Waals surface area contributed by atoms with Crippen LogP contribution in [0.3, 0.4) is 0 Å². The second-order valence-corrected chi connectivity index (χ2v) is 5.56. The highest BCUT2D eigenvalue weighted by atomic mass is 35.5. The van der Waals surface area contributed by atoms with Crippen molar-refractivity contribution >= 4 is 17.5 Å². The van der Waals surface area contributed by atoms with E-state index in [-0.39, 0.29) is 11.6 Å². The molecule has 110 valence electrons. The minimum atomic E-state index is -0.798. The van der Waals surface area contributed by atoms with E-state index in [9.17, 15) is 13.6 Å². The highest BCUT2D eigenvalue weighted by Gasteiger charge is 2.30. The third-order valence-electron chi connectivity index (χ3n) is 3.83.